The SMILES string of the molecule is CCc1ccc(NC(=O)c2ccc(NCc3ccc(F)cc3)cn2)cc1. The Hall–Kier alpha value is -3.21. The van der Waals surface area contributed by atoms with E-state index in [2.05, 4.69) is 22.5 Å². The first kappa shape index (κ1) is 17.6. The van der Waals surface area contributed by atoms with E-state index >= 15 is 0 Å². The number of nitrogens with one attached hydrogen (secondary N) is 2. The average Bonchev–Trinajstić information content (AvgIpc) is 2.68. The minimum absolute atomic E-state index is 0.251. The monoisotopic (exact) mass is 349 g/mol. The average molecular weight is 349 g/mol. The van der Waals surface area contributed by atoms with Crippen LogP contribution in [0.1, 0.15) is 28.5 Å². The minimum Gasteiger partial charge on any atom is -0.380 e. The van der Waals surface area contributed by atoms with Crippen LogP contribution in [0, 0.1) is 5.82 Å². The van der Waals surface area contributed by atoms with E-state index in [4.69, 9.17) is 0 Å². The topological polar surface area (TPSA) is 54.0 Å². The van der Waals surface area contributed by atoms with E-state index in [-0.39, 0.29) is 11.7 Å². The molecule has 1 aromatic heterocycles. The third kappa shape index (κ3) is 4.66. The van der Waals surface area contributed by atoms with Crippen molar-refractivity contribution in [3.8, 4) is 0 Å². The van der Waals surface area contributed by atoms with Gasteiger partial charge in [-0.1, -0.05) is 31.2 Å². The number of hydrogen-bond donors (Lipinski definition) is 2. The van der Waals surface area contributed by atoms with Crippen LogP contribution in [0.15, 0.2) is 66.9 Å². The van der Waals surface area contributed by atoms with Gasteiger partial charge in [0.25, 0.3) is 5.91 Å². The van der Waals surface area contributed by atoms with Crippen LogP contribution in [0.2, 0.25) is 0 Å². The fraction of sp³-hybridized carbons (Fsp3) is 0.143. The Kier molecular flexibility index (Phi) is 5.59. The Labute approximate surface area is 152 Å². The number of aryl methyl sites for hydroxylation is 1. The van der Waals surface area contributed by atoms with Gasteiger partial charge in [0.2, 0.25) is 0 Å². The van der Waals surface area contributed by atoms with Crippen LogP contribution in [-0.2, 0) is 13.0 Å². The third-order valence-electron chi connectivity index (χ3n) is 4.03. The molecule has 0 fully saturated rings. The summed E-state index contributed by atoms with van der Waals surface area (Å²) in [7, 11) is 0. The molecule has 5 heteroatoms. The molecule has 0 atom stereocenters. The molecular weight excluding hydrogens is 329 g/mol. The summed E-state index contributed by atoms with van der Waals surface area (Å²) in [6, 6.07) is 17.5. The molecule has 0 unspecified atom stereocenters. The summed E-state index contributed by atoms with van der Waals surface area (Å²) in [5.41, 5.74) is 4.06. The Balaban J connectivity index is 1.57. The normalized spacial score (nSPS) is 10.4. The summed E-state index contributed by atoms with van der Waals surface area (Å²) in [5, 5.41) is 6.03. The Morgan fingerprint density at radius 3 is 2.19 bits per heavy atom. The molecule has 0 saturated carbocycles. The van der Waals surface area contributed by atoms with Crippen molar-refractivity contribution < 1.29 is 9.18 Å². The van der Waals surface area contributed by atoms with Gasteiger partial charge in [0, 0.05) is 12.2 Å². The summed E-state index contributed by atoms with van der Waals surface area (Å²) in [6.45, 7) is 2.64. The number of hydrogen-bond acceptors (Lipinski definition) is 3. The van der Waals surface area contributed by atoms with Crippen LogP contribution in [0.5, 0.6) is 0 Å². The molecule has 0 saturated heterocycles. The van der Waals surface area contributed by atoms with Gasteiger partial charge >= 0.3 is 0 Å². The van der Waals surface area contributed by atoms with Crippen LogP contribution < -0.4 is 10.6 Å². The molecule has 0 aliphatic carbocycles. The van der Waals surface area contributed by atoms with Crippen molar-refractivity contribution in [3.05, 3.63) is 89.5 Å². The molecule has 1 amide bonds. The number of benzene rings is 2. The Morgan fingerprint density at radius 2 is 1.58 bits per heavy atom. The van der Waals surface area contributed by atoms with Gasteiger partial charge in [-0.15, -0.1) is 0 Å². The van der Waals surface area contributed by atoms with E-state index in [0.29, 0.717) is 12.2 Å². The lowest BCUT2D eigenvalue weighted by Gasteiger charge is -2.08. The molecule has 0 bridgehead atoms. The molecule has 26 heavy (non-hydrogen) atoms. The van der Waals surface area contributed by atoms with Gasteiger partial charge in [0.05, 0.1) is 11.9 Å². The van der Waals surface area contributed by atoms with Gasteiger partial charge in [0.1, 0.15) is 11.5 Å². The first-order valence-electron chi connectivity index (χ1n) is 8.48. The fourth-order valence-corrected chi connectivity index (χ4v) is 2.46. The highest BCUT2D eigenvalue weighted by atomic mass is 19.1. The van der Waals surface area contributed by atoms with Crippen LogP contribution in [-0.4, -0.2) is 10.9 Å². The molecule has 2 aromatic carbocycles. The van der Waals surface area contributed by atoms with Gasteiger partial charge in [-0.3, -0.25) is 4.79 Å². The van der Waals surface area contributed by atoms with Crippen molar-refractivity contribution in [3.63, 3.8) is 0 Å². The second-order valence-electron chi connectivity index (χ2n) is 5.92. The zero-order valence-corrected chi connectivity index (χ0v) is 14.5. The molecule has 0 aliphatic rings. The summed E-state index contributed by atoms with van der Waals surface area (Å²) < 4.78 is 12.9. The van der Waals surface area contributed by atoms with Crippen molar-refractivity contribution in [2.24, 2.45) is 0 Å². The number of aromatic nitrogens is 1. The summed E-state index contributed by atoms with van der Waals surface area (Å²) in [6.07, 6.45) is 2.57. The maximum atomic E-state index is 12.9. The number of carbonyl (C=O) groups is 1. The second-order valence-corrected chi connectivity index (χ2v) is 5.92. The quantitative estimate of drug-likeness (QED) is 0.681. The van der Waals surface area contributed by atoms with Gasteiger partial charge in [-0.2, -0.15) is 0 Å². The molecule has 3 rings (SSSR count). The van der Waals surface area contributed by atoms with Gasteiger partial charge in [0.15, 0.2) is 0 Å². The predicted molar refractivity (Wildman–Crippen MR) is 102 cm³/mol. The molecule has 4 nitrogen and oxygen atoms in total. The third-order valence-corrected chi connectivity index (χ3v) is 4.03. The summed E-state index contributed by atoms with van der Waals surface area (Å²) >= 11 is 0. The number of halogens is 1. The van der Waals surface area contributed by atoms with Gasteiger partial charge in [-0.05, 0) is 53.9 Å². The van der Waals surface area contributed by atoms with E-state index < -0.39 is 0 Å². The first-order valence-corrected chi connectivity index (χ1v) is 8.48. The van der Waals surface area contributed by atoms with E-state index in [1.807, 2.05) is 24.3 Å². The number of rotatable bonds is 6. The van der Waals surface area contributed by atoms with Crippen LogP contribution in [0.25, 0.3) is 0 Å². The molecule has 0 radical (unpaired) electrons. The van der Waals surface area contributed by atoms with Crippen LogP contribution in [0.3, 0.4) is 0 Å². The van der Waals surface area contributed by atoms with Gasteiger partial charge in [-0.25, -0.2) is 9.37 Å². The highest BCUT2D eigenvalue weighted by Gasteiger charge is 2.07. The smallest absolute Gasteiger partial charge is 0.274 e. The first-order chi connectivity index (χ1) is 12.6. The summed E-state index contributed by atoms with van der Waals surface area (Å²) in [4.78, 5) is 16.5. The molecule has 2 N–H and O–H groups in total. The van der Waals surface area contributed by atoms with Crippen molar-refractivity contribution in [1.82, 2.24) is 4.98 Å². The number of anilines is 2. The number of carbonyl (C=O) groups excluding carboxylic acids is 1. The lowest BCUT2D eigenvalue weighted by atomic mass is 10.1. The maximum Gasteiger partial charge on any atom is 0.274 e. The summed E-state index contributed by atoms with van der Waals surface area (Å²) in [5.74, 6) is -0.505. The maximum absolute atomic E-state index is 12.9. The highest BCUT2D eigenvalue weighted by molar-refractivity contribution is 6.02. The lowest BCUT2D eigenvalue weighted by Crippen LogP contribution is -2.13. The van der Waals surface area contributed by atoms with Crippen molar-refractivity contribution in [1.29, 1.82) is 0 Å². The van der Waals surface area contributed by atoms with Crippen molar-refractivity contribution in [2.75, 3.05) is 10.6 Å². The van der Waals surface area contributed by atoms with E-state index in [1.54, 1.807) is 30.5 Å². The minimum atomic E-state index is -0.255. The molecule has 132 valence electrons. The van der Waals surface area contributed by atoms with E-state index in [1.165, 1.54) is 17.7 Å². The highest BCUT2D eigenvalue weighted by Crippen LogP contribution is 2.13. The molecule has 1 heterocycles. The Bertz CT molecular complexity index is 859. The van der Waals surface area contributed by atoms with E-state index in [9.17, 15) is 9.18 Å². The number of amides is 1. The second kappa shape index (κ2) is 8.25. The van der Waals surface area contributed by atoms with E-state index in [0.717, 1.165) is 23.4 Å². The van der Waals surface area contributed by atoms with Crippen molar-refractivity contribution >= 4 is 17.3 Å². The number of pyridine rings is 1. The standard InChI is InChI=1S/C21H20FN3O/c1-2-15-5-9-18(10-6-15)25-21(26)20-12-11-19(14-24-20)23-13-16-3-7-17(22)8-4-16/h3-12,14,23H,2,13H2,1H3,(H,25,26). The molecular formula is C21H20FN3O. The lowest BCUT2D eigenvalue weighted by molar-refractivity contribution is 0.102. The number of nitrogens with zero attached hydrogens (tertiary/aromatic N) is 1. The van der Waals surface area contributed by atoms with Crippen molar-refractivity contribution in [2.45, 2.75) is 19.9 Å². The Morgan fingerprint density at radius 1 is 0.923 bits per heavy atom. The molecule has 0 spiro atoms. The van der Waals surface area contributed by atoms with Crippen LogP contribution >= 0.6 is 0 Å². The largest absolute Gasteiger partial charge is 0.380 e. The van der Waals surface area contributed by atoms with Gasteiger partial charge < -0.3 is 10.6 Å². The predicted octanol–water partition coefficient (Wildman–Crippen LogP) is 4.65. The van der Waals surface area contributed by atoms with Crippen LogP contribution in [0.4, 0.5) is 15.8 Å². The molecule has 3 aromatic rings. The zero-order valence-electron chi connectivity index (χ0n) is 14.5. The molecule has 0 aliphatic heterocycles. The fourth-order valence-electron chi connectivity index (χ4n) is 2.46. The zero-order chi connectivity index (χ0) is 18.4.